The van der Waals surface area contributed by atoms with Crippen LogP contribution in [0.3, 0.4) is 0 Å². The van der Waals surface area contributed by atoms with E-state index in [9.17, 15) is 31.1 Å². The number of carbonyl (C=O) groups excluding carboxylic acids is 1. The van der Waals surface area contributed by atoms with Crippen LogP contribution >= 0.6 is 0 Å². The Morgan fingerprint density at radius 3 is 1.12 bits per heavy atom. The van der Waals surface area contributed by atoms with Crippen molar-refractivity contribution in [1.82, 2.24) is 0 Å². The first-order valence-corrected chi connectivity index (χ1v) is 4.75. The van der Waals surface area contributed by atoms with Crippen LogP contribution in [0.1, 0.15) is 25.7 Å². The fourth-order valence-electron chi connectivity index (χ4n) is 1.99. The third-order valence-corrected chi connectivity index (χ3v) is 3.45. The molecule has 0 bridgehead atoms. The van der Waals surface area contributed by atoms with E-state index in [4.69, 9.17) is 0 Å². The fourth-order valence-corrected chi connectivity index (χ4v) is 1.99. The minimum atomic E-state index is -4.86. The van der Waals surface area contributed by atoms with Crippen molar-refractivity contribution in [3.05, 3.63) is 0 Å². The summed E-state index contributed by atoms with van der Waals surface area (Å²) in [4.78, 5) is 11.5. The fraction of sp³-hybridized carbons (Fsp3) is 0.889. The highest BCUT2D eigenvalue weighted by Crippen LogP contribution is 2.68. The quantitative estimate of drug-likeness (QED) is 0.683. The number of carbonyl (C=O) groups is 1. The largest absolute Gasteiger partial charge is 0.401 e. The lowest BCUT2D eigenvalue weighted by Gasteiger charge is -2.25. The Bertz CT molecular complexity index is 299. The molecular formula is C9H8F6O. The second-order valence-corrected chi connectivity index (χ2v) is 4.49. The molecule has 0 aromatic carbocycles. The maximum absolute atomic E-state index is 12.5. The van der Waals surface area contributed by atoms with E-state index in [1.165, 1.54) is 0 Å². The molecule has 0 aromatic heterocycles. The molecule has 0 saturated heterocycles. The van der Waals surface area contributed by atoms with Gasteiger partial charge in [-0.25, -0.2) is 0 Å². The lowest BCUT2D eigenvalue weighted by Crippen LogP contribution is -2.44. The Kier molecular flexibility index (Phi) is 2.00. The maximum Gasteiger partial charge on any atom is 0.401 e. The minimum Gasteiger partial charge on any atom is -0.298 e. The van der Waals surface area contributed by atoms with Gasteiger partial charge in [0.05, 0.1) is 0 Å². The summed E-state index contributed by atoms with van der Waals surface area (Å²) in [7, 11) is 0. The van der Waals surface area contributed by atoms with Gasteiger partial charge in [-0.2, -0.15) is 26.3 Å². The molecule has 1 nitrogen and oxygen atoms in total. The topological polar surface area (TPSA) is 17.1 Å². The summed E-state index contributed by atoms with van der Waals surface area (Å²) in [5, 5.41) is 0. The van der Waals surface area contributed by atoms with Gasteiger partial charge in [0, 0.05) is 0 Å². The normalized spacial score (nSPS) is 26.4. The number of Topliss-reactive ketones (excluding diaryl/α,β-unsaturated/α-hetero) is 1. The van der Waals surface area contributed by atoms with Gasteiger partial charge in [-0.1, -0.05) is 0 Å². The van der Waals surface area contributed by atoms with Gasteiger partial charge in [0.1, 0.15) is 10.8 Å². The Balaban J connectivity index is 2.28. The van der Waals surface area contributed by atoms with Gasteiger partial charge in [0.25, 0.3) is 0 Å². The zero-order valence-corrected chi connectivity index (χ0v) is 8.00. The monoisotopic (exact) mass is 246 g/mol. The summed E-state index contributed by atoms with van der Waals surface area (Å²) >= 11 is 0. The molecule has 7 heteroatoms. The maximum atomic E-state index is 12.5. The van der Waals surface area contributed by atoms with Crippen LogP contribution in [0.4, 0.5) is 26.3 Å². The predicted octanol–water partition coefficient (Wildman–Crippen LogP) is 3.24. The Hall–Kier alpha value is -0.750. The standard InChI is InChI=1S/C9H8F6O/c10-8(11,12)6(1-2-6)5(16)7(3-4-7)9(13,14)15/h1-4H2. The van der Waals surface area contributed by atoms with Crippen LogP contribution < -0.4 is 0 Å². The number of rotatable bonds is 2. The molecule has 2 aliphatic rings. The van der Waals surface area contributed by atoms with Crippen LogP contribution in [-0.2, 0) is 4.79 Å². The number of alkyl halides is 6. The first-order chi connectivity index (χ1) is 7.07. The van der Waals surface area contributed by atoms with Crippen molar-refractivity contribution in [2.75, 3.05) is 0 Å². The van der Waals surface area contributed by atoms with Gasteiger partial charge in [-0.15, -0.1) is 0 Å². The number of halogens is 6. The van der Waals surface area contributed by atoms with E-state index < -0.39 is 54.6 Å². The number of hydrogen-bond donors (Lipinski definition) is 0. The van der Waals surface area contributed by atoms with Crippen molar-refractivity contribution < 1.29 is 31.1 Å². The zero-order chi connectivity index (χ0) is 12.4. The van der Waals surface area contributed by atoms with E-state index >= 15 is 0 Å². The molecule has 2 aliphatic carbocycles. The van der Waals surface area contributed by atoms with Gasteiger partial charge in [-0.3, -0.25) is 4.79 Å². The van der Waals surface area contributed by atoms with Crippen LogP contribution in [0.2, 0.25) is 0 Å². The average Bonchev–Trinajstić information content (AvgIpc) is 2.96. The second kappa shape index (κ2) is 2.73. The summed E-state index contributed by atoms with van der Waals surface area (Å²) in [6, 6.07) is 0. The van der Waals surface area contributed by atoms with Crippen LogP contribution in [-0.4, -0.2) is 18.1 Å². The van der Waals surface area contributed by atoms with Crippen LogP contribution in [0.15, 0.2) is 0 Å². The average molecular weight is 246 g/mol. The molecule has 2 rings (SSSR count). The van der Waals surface area contributed by atoms with Gasteiger partial charge >= 0.3 is 12.4 Å². The lowest BCUT2D eigenvalue weighted by molar-refractivity contribution is -0.218. The number of hydrogen-bond acceptors (Lipinski definition) is 1. The molecule has 16 heavy (non-hydrogen) atoms. The SMILES string of the molecule is O=C(C1(C(F)(F)F)CC1)C1(C(F)(F)F)CC1. The zero-order valence-electron chi connectivity index (χ0n) is 8.00. The smallest absolute Gasteiger partial charge is 0.298 e. The Morgan fingerprint density at radius 2 is 1.00 bits per heavy atom. The van der Waals surface area contributed by atoms with E-state index in [2.05, 4.69) is 0 Å². The van der Waals surface area contributed by atoms with Gasteiger partial charge in [-0.05, 0) is 25.7 Å². The van der Waals surface area contributed by atoms with Crippen LogP contribution in [0, 0.1) is 10.8 Å². The van der Waals surface area contributed by atoms with E-state index in [0.29, 0.717) is 0 Å². The molecule has 0 atom stereocenters. The molecule has 0 aromatic rings. The third kappa shape index (κ3) is 1.29. The molecule has 0 aliphatic heterocycles. The molecule has 0 radical (unpaired) electrons. The number of ketones is 1. The van der Waals surface area contributed by atoms with E-state index in [-0.39, 0.29) is 0 Å². The van der Waals surface area contributed by atoms with E-state index in [0.717, 1.165) is 0 Å². The van der Waals surface area contributed by atoms with Crippen molar-refractivity contribution in [2.24, 2.45) is 10.8 Å². The van der Waals surface area contributed by atoms with Crippen molar-refractivity contribution in [1.29, 1.82) is 0 Å². The summed E-state index contributed by atoms with van der Waals surface area (Å²) < 4.78 is 75.0. The lowest BCUT2D eigenvalue weighted by atomic mass is 9.86. The van der Waals surface area contributed by atoms with Crippen molar-refractivity contribution in [2.45, 2.75) is 38.0 Å². The first-order valence-electron chi connectivity index (χ1n) is 4.75. The molecule has 2 saturated carbocycles. The highest BCUT2D eigenvalue weighted by Gasteiger charge is 2.79. The molecule has 0 N–H and O–H groups in total. The van der Waals surface area contributed by atoms with Crippen molar-refractivity contribution in [3.63, 3.8) is 0 Å². The van der Waals surface area contributed by atoms with E-state index in [1.807, 2.05) is 0 Å². The minimum absolute atomic E-state index is 0.507. The summed E-state index contributed by atoms with van der Waals surface area (Å²) in [6.45, 7) is 0. The summed E-state index contributed by atoms with van der Waals surface area (Å²) in [6.07, 6.45) is -11.7. The highest BCUT2D eigenvalue weighted by atomic mass is 19.4. The van der Waals surface area contributed by atoms with Crippen LogP contribution in [0.5, 0.6) is 0 Å². The Labute approximate surface area is 86.8 Å². The molecule has 92 valence electrons. The highest BCUT2D eigenvalue weighted by molar-refractivity contribution is 5.96. The second-order valence-electron chi connectivity index (χ2n) is 4.49. The summed E-state index contributed by atoms with van der Waals surface area (Å²) in [5.41, 5.74) is -5.42. The third-order valence-electron chi connectivity index (χ3n) is 3.45. The summed E-state index contributed by atoms with van der Waals surface area (Å²) in [5.74, 6) is -1.67. The van der Waals surface area contributed by atoms with Crippen molar-refractivity contribution >= 4 is 5.78 Å². The van der Waals surface area contributed by atoms with Crippen molar-refractivity contribution in [3.8, 4) is 0 Å². The Morgan fingerprint density at radius 1 is 0.750 bits per heavy atom. The van der Waals surface area contributed by atoms with Crippen LogP contribution in [0.25, 0.3) is 0 Å². The predicted molar refractivity (Wildman–Crippen MR) is 40.5 cm³/mol. The van der Waals surface area contributed by atoms with Gasteiger partial charge < -0.3 is 0 Å². The molecule has 0 spiro atoms. The molecule has 0 amide bonds. The van der Waals surface area contributed by atoms with Gasteiger partial charge in [0.15, 0.2) is 5.78 Å². The molecule has 0 heterocycles. The molecule has 2 fully saturated rings. The molecule has 0 unspecified atom stereocenters. The first kappa shape index (κ1) is 11.7. The van der Waals surface area contributed by atoms with Gasteiger partial charge in [0.2, 0.25) is 0 Å². The molecular weight excluding hydrogens is 238 g/mol. The van der Waals surface area contributed by atoms with E-state index in [1.54, 1.807) is 0 Å².